The van der Waals surface area contributed by atoms with Crippen molar-refractivity contribution in [1.82, 2.24) is 0 Å². The summed E-state index contributed by atoms with van der Waals surface area (Å²) in [5.41, 5.74) is 1.33. The van der Waals surface area contributed by atoms with Gasteiger partial charge in [-0.25, -0.2) is 4.79 Å². The molecule has 0 N–H and O–H groups in total. The molecule has 0 aromatic carbocycles. The van der Waals surface area contributed by atoms with Crippen molar-refractivity contribution < 1.29 is 9.53 Å². The smallest absolute Gasteiger partial charge is 0.330 e. The Kier molecular flexibility index (Phi) is 2.99. The van der Waals surface area contributed by atoms with E-state index < -0.39 is 0 Å². The van der Waals surface area contributed by atoms with Crippen molar-refractivity contribution in [2.24, 2.45) is 0 Å². The van der Waals surface area contributed by atoms with Crippen LogP contribution >= 0.6 is 11.3 Å². The lowest BCUT2D eigenvalue weighted by Crippen LogP contribution is -2.20. The normalized spacial score (nSPS) is 20.9. The number of hydrogen-bond acceptors (Lipinski definition) is 3. The van der Waals surface area contributed by atoms with E-state index in [2.05, 4.69) is 16.8 Å². The number of ether oxygens (including phenoxy) is 1. The van der Waals surface area contributed by atoms with Crippen molar-refractivity contribution in [2.75, 3.05) is 0 Å². The molecule has 1 unspecified atom stereocenters. The van der Waals surface area contributed by atoms with Crippen LogP contribution in [-0.4, -0.2) is 12.1 Å². The van der Waals surface area contributed by atoms with Crippen molar-refractivity contribution in [3.8, 4) is 0 Å². The number of cyclic esters (lactones) is 1. The van der Waals surface area contributed by atoms with Crippen LogP contribution in [0, 0.1) is 0 Å². The quantitative estimate of drug-likeness (QED) is 0.713. The van der Waals surface area contributed by atoms with E-state index in [4.69, 9.17) is 4.74 Å². The second-order valence-corrected chi connectivity index (χ2v) is 4.15. The summed E-state index contributed by atoms with van der Waals surface area (Å²) in [5.74, 6) is -0.202. The first-order valence-corrected chi connectivity index (χ1v) is 5.67. The Hall–Kier alpha value is -1.09. The maximum absolute atomic E-state index is 10.9. The van der Waals surface area contributed by atoms with E-state index in [1.165, 1.54) is 11.6 Å². The van der Waals surface area contributed by atoms with Gasteiger partial charge in [0, 0.05) is 12.5 Å². The van der Waals surface area contributed by atoms with Gasteiger partial charge >= 0.3 is 5.97 Å². The van der Waals surface area contributed by atoms with E-state index in [-0.39, 0.29) is 12.1 Å². The molecule has 2 nitrogen and oxygen atoms in total. The molecule has 2 rings (SSSR count). The van der Waals surface area contributed by atoms with E-state index in [9.17, 15) is 4.79 Å². The monoisotopic (exact) mass is 208 g/mol. The maximum atomic E-state index is 10.9. The summed E-state index contributed by atoms with van der Waals surface area (Å²) in [7, 11) is 0. The zero-order valence-corrected chi connectivity index (χ0v) is 8.63. The highest BCUT2D eigenvalue weighted by atomic mass is 32.1. The van der Waals surface area contributed by atoms with Crippen molar-refractivity contribution in [1.29, 1.82) is 0 Å². The zero-order chi connectivity index (χ0) is 9.80. The molecular weight excluding hydrogens is 196 g/mol. The molecule has 0 aliphatic carbocycles. The van der Waals surface area contributed by atoms with E-state index in [0.29, 0.717) is 0 Å². The number of hydrogen-bond donors (Lipinski definition) is 0. The third-order valence-corrected chi connectivity index (χ3v) is 3.00. The molecule has 0 fully saturated rings. The molecule has 14 heavy (non-hydrogen) atoms. The SMILES string of the molecule is O=C1C=CCC(CCc2ccsc2)O1. The van der Waals surface area contributed by atoms with Gasteiger partial charge in [0.2, 0.25) is 0 Å². The first-order valence-electron chi connectivity index (χ1n) is 4.73. The molecule has 2 heterocycles. The minimum atomic E-state index is -0.202. The molecule has 0 saturated heterocycles. The first kappa shape index (κ1) is 9.46. The summed E-state index contributed by atoms with van der Waals surface area (Å²) in [5, 5.41) is 4.21. The summed E-state index contributed by atoms with van der Waals surface area (Å²) < 4.78 is 5.16. The summed E-state index contributed by atoms with van der Waals surface area (Å²) >= 11 is 1.71. The lowest BCUT2D eigenvalue weighted by atomic mass is 10.1. The van der Waals surface area contributed by atoms with Crippen LogP contribution in [0.3, 0.4) is 0 Å². The lowest BCUT2D eigenvalue weighted by Gasteiger charge is -2.17. The predicted molar refractivity (Wildman–Crippen MR) is 56.3 cm³/mol. The van der Waals surface area contributed by atoms with Crippen LogP contribution in [0.4, 0.5) is 0 Å². The van der Waals surface area contributed by atoms with E-state index in [1.807, 2.05) is 6.08 Å². The van der Waals surface area contributed by atoms with Gasteiger partial charge in [0.25, 0.3) is 0 Å². The Balaban J connectivity index is 1.81. The third kappa shape index (κ3) is 2.45. The van der Waals surface area contributed by atoms with Gasteiger partial charge in [-0.3, -0.25) is 0 Å². The van der Waals surface area contributed by atoms with Gasteiger partial charge in [0.1, 0.15) is 6.10 Å². The molecule has 1 atom stereocenters. The summed E-state index contributed by atoms with van der Waals surface area (Å²) in [6, 6.07) is 2.12. The molecule has 0 bridgehead atoms. The highest BCUT2D eigenvalue weighted by molar-refractivity contribution is 7.07. The molecule has 74 valence electrons. The standard InChI is InChI=1S/C11H12O2S/c12-11-3-1-2-10(13-11)5-4-9-6-7-14-8-9/h1,3,6-8,10H,2,4-5H2. The fourth-order valence-corrected chi connectivity index (χ4v) is 2.21. The Morgan fingerprint density at radius 1 is 1.57 bits per heavy atom. The summed E-state index contributed by atoms with van der Waals surface area (Å²) in [6.45, 7) is 0. The van der Waals surface area contributed by atoms with Crippen LogP contribution in [0.25, 0.3) is 0 Å². The van der Waals surface area contributed by atoms with Crippen molar-refractivity contribution in [3.63, 3.8) is 0 Å². The Labute approximate surface area is 87.2 Å². The van der Waals surface area contributed by atoms with E-state index in [1.54, 1.807) is 11.3 Å². The molecule has 1 aliphatic rings. The minimum absolute atomic E-state index is 0.0763. The van der Waals surface area contributed by atoms with Gasteiger partial charge in [0.05, 0.1) is 0 Å². The third-order valence-electron chi connectivity index (χ3n) is 2.27. The maximum Gasteiger partial charge on any atom is 0.330 e. The van der Waals surface area contributed by atoms with Crippen LogP contribution in [0.1, 0.15) is 18.4 Å². The zero-order valence-electron chi connectivity index (χ0n) is 7.81. The number of rotatable bonds is 3. The number of carbonyl (C=O) groups excluding carboxylic acids is 1. The van der Waals surface area contributed by atoms with Gasteiger partial charge in [-0.1, -0.05) is 6.08 Å². The van der Waals surface area contributed by atoms with Gasteiger partial charge in [-0.2, -0.15) is 11.3 Å². The Bertz CT molecular complexity index is 327. The van der Waals surface area contributed by atoms with Gasteiger partial charge in [-0.15, -0.1) is 0 Å². The molecule has 1 aromatic heterocycles. The number of carbonyl (C=O) groups is 1. The van der Waals surface area contributed by atoms with Gasteiger partial charge in [0.15, 0.2) is 0 Å². The highest BCUT2D eigenvalue weighted by Gasteiger charge is 2.15. The van der Waals surface area contributed by atoms with E-state index >= 15 is 0 Å². The highest BCUT2D eigenvalue weighted by Crippen LogP contribution is 2.15. The van der Waals surface area contributed by atoms with Crippen LogP contribution < -0.4 is 0 Å². The average Bonchev–Trinajstić information content (AvgIpc) is 2.67. The molecule has 0 saturated carbocycles. The largest absolute Gasteiger partial charge is 0.459 e. The fourth-order valence-electron chi connectivity index (χ4n) is 1.51. The number of thiophene rings is 1. The molecule has 0 spiro atoms. The predicted octanol–water partition coefficient (Wildman–Crippen LogP) is 2.55. The van der Waals surface area contributed by atoms with Crippen LogP contribution in [0.15, 0.2) is 29.0 Å². The van der Waals surface area contributed by atoms with Crippen LogP contribution in [0.5, 0.6) is 0 Å². The molecule has 0 amide bonds. The second-order valence-electron chi connectivity index (χ2n) is 3.37. The van der Waals surface area contributed by atoms with Crippen molar-refractivity contribution in [3.05, 3.63) is 34.5 Å². The molecular formula is C11H12O2S. The summed E-state index contributed by atoms with van der Waals surface area (Å²) in [6.07, 6.45) is 6.25. The molecule has 0 radical (unpaired) electrons. The van der Waals surface area contributed by atoms with Crippen LogP contribution in [0.2, 0.25) is 0 Å². The number of aryl methyl sites for hydroxylation is 1. The Morgan fingerprint density at radius 2 is 2.50 bits per heavy atom. The second kappa shape index (κ2) is 4.42. The fraction of sp³-hybridized carbons (Fsp3) is 0.364. The van der Waals surface area contributed by atoms with Crippen molar-refractivity contribution in [2.45, 2.75) is 25.4 Å². The number of esters is 1. The van der Waals surface area contributed by atoms with Gasteiger partial charge in [-0.05, 0) is 35.2 Å². The van der Waals surface area contributed by atoms with Crippen LogP contribution in [-0.2, 0) is 16.0 Å². The minimum Gasteiger partial charge on any atom is -0.459 e. The Morgan fingerprint density at radius 3 is 3.21 bits per heavy atom. The summed E-state index contributed by atoms with van der Waals surface area (Å²) in [4.78, 5) is 10.9. The van der Waals surface area contributed by atoms with Crippen molar-refractivity contribution >= 4 is 17.3 Å². The first-order chi connectivity index (χ1) is 6.84. The van der Waals surface area contributed by atoms with Gasteiger partial charge < -0.3 is 4.74 Å². The molecule has 1 aromatic rings. The molecule has 3 heteroatoms. The van der Waals surface area contributed by atoms with E-state index in [0.717, 1.165) is 19.3 Å². The molecule has 1 aliphatic heterocycles. The lowest BCUT2D eigenvalue weighted by molar-refractivity contribution is -0.144. The average molecular weight is 208 g/mol. The topological polar surface area (TPSA) is 26.3 Å².